The SMILES string of the molecule is CCC(C)NC(=O)C(Cc1ccccc1)N(Cc1ccc(C)cc1)C(=O)CN(c1ccc(F)cc1)S(=O)(=O)c1ccc(OC)c(OC)c1. The zero-order chi connectivity index (χ0) is 34.8. The van der Waals surface area contributed by atoms with Crippen LogP contribution in [-0.2, 0) is 32.6 Å². The summed E-state index contributed by atoms with van der Waals surface area (Å²) in [5, 5.41) is 3.02. The maximum absolute atomic E-state index is 14.6. The van der Waals surface area contributed by atoms with E-state index in [0.29, 0.717) is 12.2 Å². The van der Waals surface area contributed by atoms with E-state index in [1.807, 2.05) is 75.4 Å². The minimum atomic E-state index is -4.43. The monoisotopic (exact) mass is 675 g/mol. The number of carbonyl (C=O) groups is 2. The predicted octanol–water partition coefficient (Wildman–Crippen LogP) is 5.90. The number of hydrogen-bond acceptors (Lipinski definition) is 6. The first kappa shape index (κ1) is 35.9. The Bertz CT molecular complexity index is 1780. The van der Waals surface area contributed by atoms with E-state index in [2.05, 4.69) is 5.32 Å². The lowest BCUT2D eigenvalue weighted by Gasteiger charge is -2.34. The Labute approximate surface area is 282 Å². The van der Waals surface area contributed by atoms with Gasteiger partial charge in [0.2, 0.25) is 11.8 Å². The van der Waals surface area contributed by atoms with Gasteiger partial charge in [0.1, 0.15) is 18.4 Å². The van der Waals surface area contributed by atoms with Gasteiger partial charge in [-0.3, -0.25) is 13.9 Å². The molecule has 0 bridgehead atoms. The molecule has 2 amide bonds. The van der Waals surface area contributed by atoms with Gasteiger partial charge in [0.05, 0.1) is 24.8 Å². The van der Waals surface area contributed by atoms with Crippen LogP contribution in [0.1, 0.15) is 37.0 Å². The van der Waals surface area contributed by atoms with Crippen LogP contribution in [0, 0.1) is 12.7 Å². The summed E-state index contributed by atoms with van der Waals surface area (Å²) in [6.07, 6.45) is 0.872. The van der Waals surface area contributed by atoms with Crippen molar-refractivity contribution in [3.8, 4) is 11.5 Å². The van der Waals surface area contributed by atoms with Crippen molar-refractivity contribution in [2.75, 3.05) is 25.1 Å². The molecular formula is C37H42FN3O6S. The summed E-state index contributed by atoms with van der Waals surface area (Å²) in [6.45, 7) is 5.15. The standard InChI is InChI=1S/C37H42FN3O6S/c1-6-27(3)39-37(43)33(22-28-10-8-7-9-11-28)40(24-29-14-12-26(2)13-15-29)36(42)25-41(31-18-16-30(38)17-19-31)48(44,45)32-20-21-34(46-4)35(23-32)47-5/h7-21,23,27,33H,6,22,24-25H2,1-5H3,(H,39,43). The minimum Gasteiger partial charge on any atom is -0.493 e. The van der Waals surface area contributed by atoms with Crippen LogP contribution >= 0.6 is 0 Å². The van der Waals surface area contributed by atoms with Gasteiger partial charge in [-0.05, 0) is 67.8 Å². The van der Waals surface area contributed by atoms with Crippen molar-refractivity contribution in [3.05, 3.63) is 120 Å². The molecule has 2 unspecified atom stereocenters. The Balaban J connectivity index is 1.82. The molecule has 0 aliphatic heterocycles. The maximum Gasteiger partial charge on any atom is 0.264 e. The number of benzene rings is 4. The van der Waals surface area contributed by atoms with Gasteiger partial charge in [-0.15, -0.1) is 0 Å². The summed E-state index contributed by atoms with van der Waals surface area (Å²) in [6, 6.07) is 24.7. The molecule has 0 aromatic heterocycles. The number of nitrogens with zero attached hydrogens (tertiary/aromatic N) is 2. The molecule has 11 heteroatoms. The second-order valence-electron chi connectivity index (χ2n) is 11.5. The fraction of sp³-hybridized carbons (Fsp3) is 0.297. The van der Waals surface area contributed by atoms with Crippen LogP contribution in [0.25, 0.3) is 0 Å². The molecular weight excluding hydrogens is 633 g/mol. The summed E-state index contributed by atoms with van der Waals surface area (Å²) >= 11 is 0. The number of sulfonamides is 1. The molecule has 9 nitrogen and oxygen atoms in total. The number of ether oxygens (including phenoxy) is 2. The maximum atomic E-state index is 14.6. The van der Waals surface area contributed by atoms with Crippen LogP contribution < -0.4 is 19.1 Å². The van der Waals surface area contributed by atoms with Crippen LogP contribution in [0.15, 0.2) is 102 Å². The van der Waals surface area contributed by atoms with Gasteiger partial charge in [0.15, 0.2) is 11.5 Å². The molecule has 0 fully saturated rings. The van der Waals surface area contributed by atoms with Crippen molar-refractivity contribution in [2.45, 2.75) is 57.1 Å². The van der Waals surface area contributed by atoms with Crippen LogP contribution in [0.4, 0.5) is 10.1 Å². The Kier molecular flexibility index (Phi) is 12.2. The number of hydrogen-bond donors (Lipinski definition) is 1. The zero-order valence-corrected chi connectivity index (χ0v) is 28.7. The average Bonchev–Trinajstić information content (AvgIpc) is 3.09. The fourth-order valence-electron chi connectivity index (χ4n) is 5.13. The van der Waals surface area contributed by atoms with Gasteiger partial charge in [0, 0.05) is 25.1 Å². The highest BCUT2D eigenvalue weighted by atomic mass is 32.2. The van der Waals surface area contributed by atoms with Crippen LogP contribution in [0.3, 0.4) is 0 Å². The lowest BCUT2D eigenvalue weighted by molar-refractivity contribution is -0.140. The molecule has 4 aromatic rings. The fourth-order valence-corrected chi connectivity index (χ4v) is 6.56. The lowest BCUT2D eigenvalue weighted by atomic mass is 10.0. The predicted molar refractivity (Wildman–Crippen MR) is 184 cm³/mol. The summed E-state index contributed by atoms with van der Waals surface area (Å²) < 4.78 is 54.2. The van der Waals surface area contributed by atoms with Crippen molar-refractivity contribution in [2.24, 2.45) is 0 Å². The Hall–Kier alpha value is -4.90. The molecule has 0 aliphatic rings. The van der Waals surface area contributed by atoms with E-state index in [0.717, 1.165) is 33.1 Å². The number of carbonyl (C=O) groups excluding carboxylic acids is 2. The highest BCUT2D eigenvalue weighted by Gasteiger charge is 2.35. The Morgan fingerprint density at radius 2 is 1.50 bits per heavy atom. The number of amides is 2. The van der Waals surface area contributed by atoms with Crippen molar-refractivity contribution in [1.82, 2.24) is 10.2 Å². The molecule has 4 rings (SSSR count). The van der Waals surface area contributed by atoms with Crippen molar-refractivity contribution in [3.63, 3.8) is 0 Å². The van der Waals surface area contributed by atoms with Crippen molar-refractivity contribution < 1.29 is 31.9 Å². The van der Waals surface area contributed by atoms with Gasteiger partial charge in [-0.1, -0.05) is 67.1 Å². The quantitative estimate of drug-likeness (QED) is 0.168. The molecule has 0 saturated heterocycles. The molecule has 2 atom stereocenters. The van der Waals surface area contributed by atoms with E-state index in [4.69, 9.17) is 9.47 Å². The number of halogens is 1. The molecule has 0 spiro atoms. The minimum absolute atomic E-state index is 0.0399. The highest BCUT2D eigenvalue weighted by molar-refractivity contribution is 7.92. The van der Waals surface area contributed by atoms with Crippen LogP contribution in [-0.4, -0.2) is 58.0 Å². The summed E-state index contributed by atoms with van der Waals surface area (Å²) in [7, 11) is -1.62. The van der Waals surface area contributed by atoms with Gasteiger partial charge < -0.3 is 19.7 Å². The normalized spacial score (nSPS) is 12.5. The second-order valence-corrected chi connectivity index (χ2v) is 13.4. The summed E-state index contributed by atoms with van der Waals surface area (Å²) in [4.78, 5) is 29.8. The Morgan fingerprint density at radius 1 is 0.854 bits per heavy atom. The van der Waals surface area contributed by atoms with E-state index in [1.54, 1.807) is 0 Å². The largest absolute Gasteiger partial charge is 0.493 e. The molecule has 0 radical (unpaired) electrons. The lowest BCUT2D eigenvalue weighted by Crippen LogP contribution is -2.54. The first-order valence-electron chi connectivity index (χ1n) is 15.7. The highest BCUT2D eigenvalue weighted by Crippen LogP contribution is 2.32. The van der Waals surface area contributed by atoms with Crippen molar-refractivity contribution in [1.29, 1.82) is 0 Å². The molecule has 0 saturated carbocycles. The first-order chi connectivity index (χ1) is 23.0. The molecule has 48 heavy (non-hydrogen) atoms. The Morgan fingerprint density at radius 3 is 2.10 bits per heavy atom. The van der Waals surface area contributed by atoms with Crippen LogP contribution in [0.5, 0.6) is 11.5 Å². The third-order valence-corrected chi connectivity index (χ3v) is 9.85. The zero-order valence-electron chi connectivity index (χ0n) is 27.9. The average molecular weight is 676 g/mol. The van der Waals surface area contributed by atoms with Gasteiger partial charge >= 0.3 is 0 Å². The van der Waals surface area contributed by atoms with Crippen molar-refractivity contribution >= 4 is 27.5 Å². The smallest absolute Gasteiger partial charge is 0.264 e. The van der Waals surface area contributed by atoms with E-state index in [9.17, 15) is 22.4 Å². The van der Waals surface area contributed by atoms with E-state index in [1.165, 1.54) is 49.5 Å². The molecule has 0 aliphatic carbocycles. The molecule has 1 N–H and O–H groups in total. The third kappa shape index (κ3) is 8.92. The second kappa shape index (κ2) is 16.3. The number of rotatable bonds is 15. The molecule has 254 valence electrons. The van der Waals surface area contributed by atoms with E-state index < -0.39 is 34.3 Å². The summed E-state index contributed by atoms with van der Waals surface area (Å²) in [5.41, 5.74) is 2.69. The first-order valence-corrected chi connectivity index (χ1v) is 17.1. The topological polar surface area (TPSA) is 105 Å². The number of anilines is 1. The third-order valence-electron chi connectivity index (χ3n) is 8.08. The molecule has 4 aromatic carbocycles. The number of aryl methyl sites for hydroxylation is 1. The van der Waals surface area contributed by atoms with Gasteiger partial charge in [-0.2, -0.15) is 0 Å². The van der Waals surface area contributed by atoms with E-state index >= 15 is 0 Å². The summed E-state index contributed by atoms with van der Waals surface area (Å²) in [5.74, 6) is -1.05. The number of nitrogens with one attached hydrogen (secondary N) is 1. The van der Waals surface area contributed by atoms with E-state index in [-0.39, 0.29) is 41.2 Å². The molecule has 0 heterocycles. The van der Waals surface area contributed by atoms with Gasteiger partial charge in [0.25, 0.3) is 10.0 Å². The number of methoxy groups -OCH3 is 2. The van der Waals surface area contributed by atoms with Gasteiger partial charge in [-0.25, -0.2) is 12.8 Å². The van der Waals surface area contributed by atoms with Crippen LogP contribution in [0.2, 0.25) is 0 Å².